The molecule has 0 aromatic heterocycles. The van der Waals surface area contributed by atoms with Crippen LogP contribution in [-0.2, 0) is 4.74 Å². The number of nitrogens with zero attached hydrogens (tertiary/aromatic N) is 1. The molecule has 2 N–H and O–H groups in total. The van der Waals surface area contributed by atoms with Crippen molar-refractivity contribution in [3.8, 4) is 5.75 Å². The molecule has 0 amide bonds. The van der Waals surface area contributed by atoms with Crippen molar-refractivity contribution in [3.63, 3.8) is 0 Å². The molecule has 0 fully saturated rings. The molecule has 1 atom stereocenters. The van der Waals surface area contributed by atoms with Gasteiger partial charge in [0.15, 0.2) is 0 Å². The summed E-state index contributed by atoms with van der Waals surface area (Å²) in [6.45, 7) is 0.224. The minimum atomic E-state index is -4.70. The molecule has 0 bridgehead atoms. The minimum Gasteiger partial charge on any atom is -0.463 e. The molecule has 17 heavy (non-hydrogen) atoms. The highest BCUT2D eigenvalue weighted by Crippen LogP contribution is 2.28. The van der Waals surface area contributed by atoms with Gasteiger partial charge in [0, 0.05) is 0 Å². The smallest absolute Gasteiger partial charge is 0.463 e. The standard InChI is InChI=1S/C10H9F3N2O2/c11-10(12,13)17-7-3-1-2-6(4-7)8-5-16-9(14)15-8/h1-4,8H,5H2,(H2,14,15). The zero-order valence-electron chi connectivity index (χ0n) is 8.57. The van der Waals surface area contributed by atoms with Gasteiger partial charge in [-0.15, -0.1) is 13.2 Å². The van der Waals surface area contributed by atoms with Crippen molar-refractivity contribution >= 4 is 6.02 Å². The maximum atomic E-state index is 12.0. The Hall–Kier alpha value is -1.92. The number of aliphatic imine (C=N–C) groups is 1. The molecular weight excluding hydrogens is 237 g/mol. The van der Waals surface area contributed by atoms with Crippen molar-refractivity contribution in [3.05, 3.63) is 29.8 Å². The molecule has 1 aliphatic heterocycles. The van der Waals surface area contributed by atoms with Crippen molar-refractivity contribution in [1.82, 2.24) is 0 Å². The second kappa shape index (κ2) is 4.15. The average molecular weight is 246 g/mol. The second-order valence-corrected chi connectivity index (χ2v) is 3.41. The SMILES string of the molecule is NC1=NC(c2cccc(OC(F)(F)F)c2)CO1. The van der Waals surface area contributed by atoms with Crippen molar-refractivity contribution in [1.29, 1.82) is 0 Å². The molecule has 92 valence electrons. The third-order valence-corrected chi connectivity index (χ3v) is 2.15. The summed E-state index contributed by atoms with van der Waals surface area (Å²) in [6, 6.07) is 5.24. The zero-order chi connectivity index (χ0) is 12.5. The van der Waals surface area contributed by atoms with E-state index in [-0.39, 0.29) is 24.4 Å². The van der Waals surface area contributed by atoms with Crippen LogP contribution in [-0.4, -0.2) is 19.0 Å². The first-order chi connectivity index (χ1) is 7.94. The molecule has 1 aromatic rings. The highest BCUT2D eigenvalue weighted by molar-refractivity contribution is 5.73. The van der Waals surface area contributed by atoms with E-state index in [4.69, 9.17) is 10.5 Å². The predicted molar refractivity (Wildman–Crippen MR) is 53.4 cm³/mol. The van der Waals surface area contributed by atoms with E-state index in [1.165, 1.54) is 18.2 Å². The Morgan fingerprint density at radius 2 is 2.18 bits per heavy atom. The van der Waals surface area contributed by atoms with E-state index in [0.717, 1.165) is 0 Å². The lowest BCUT2D eigenvalue weighted by atomic mass is 10.1. The lowest BCUT2D eigenvalue weighted by Crippen LogP contribution is -2.17. The summed E-state index contributed by atoms with van der Waals surface area (Å²) in [5, 5.41) is 0. The van der Waals surface area contributed by atoms with Crippen molar-refractivity contribution in [2.24, 2.45) is 10.7 Å². The van der Waals surface area contributed by atoms with Gasteiger partial charge in [-0.25, -0.2) is 4.99 Å². The molecule has 1 aromatic carbocycles. The topological polar surface area (TPSA) is 56.8 Å². The van der Waals surface area contributed by atoms with Crippen LogP contribution < -0.4 is 10.5 Å². The molecule has 0 radical (unpaired) electrons. The molecule has 0 aliphatic carbocycles. The van der Waals surface area contributed by atoms with Gasteiger partial charge in [0.05, 0.1) is 0 Å². The fraction of sp³-hybridized carbons (Fsp3) is 0.300. The first-order valence-electron chi connectivity index (χ1n) is 4.76. The van der Waals surface area contributed by atoms with E-state index in [2.05, 4.69) is 9.73 Å². The predicted octanol–water partition coefficient (Wildman–Crippen LogP) is 1.97. The van der Waals surface area contributed by atoms with E-state index in [0.29, 0.717) is 5.56 Å². The Morgan fingerprint density at radius 1 is 1.41 bits per heavy atom. The van der Waals surface area contributed by atoms with E-state index in [1.54, 1.807) is 6.07 Å². The molecule has 2 rings (SSSR count). The lowest BCUT2D eigenvalue weighted by molar-refractivity contribution is -0.274. The molecule has 7 heteroatoms. The minimum absolute atomic E-state index is 0.0390. The van der Waals surface area contributed by atoms with E-state index >= 15 is 0 Å². The van der Waals surface area contributed by atoms with Crippen LogP contribution in [0.3, 0.4) is 0 Å². The molecule has 1 unspecified atom stereocenters. The van der Waals surface area contributed by atoms with Gasteiger partial charge in [-0.1, -0.05) is 12.1 Å². The van der Waals surface area contributed by atoms with Crippen LogP contribution in [0.1, 0.15) is 11.6 Å². The first-order valence-corrected chi connectivity index (χ1v) is 4.76. The van der Waals surface area contributed by atoms with Gasteiger partial charge >= 0.3 is 6.36 Å². The van der Waals surface area contributed by atoms with Gasteiger partial charge in [0.2, 0.25) is 0 Å². The number of hydrogen-bond acceptors (Lipinski definition) is 4. The Labute approximate surface area is 94.8 Å². The summed E-state index contributed by atoms with van der Waals surface area (Å²) in [5.41, 5.74) is 5.88. The molecule has 0 spiro atoms. The fourth-order valence-corrected chi connectivity index (χ4v) is 1.48. The summed E-state index contributed by atoms with van der Waals surface area (Å²) in [6.07, 6.45) is -4.70. The maximum Gasteiger partial charge on any atom is 0.573 e. The van der Waals surface area contributed by atoms with Crippen LogP contribution in [0.25, 0.3) is 0 Å². The fourth-order valence-electron chi connectivity index (χ4n) is 1.48. The monoisotopic (exact) mass is 246 g/mol. The lowest BCUT2D eigenvalue weighted by Gasteiger charge is -2.11. The van der Waals surface area contributed by atoms with Gasteiger partial charge in [0.1, 0.15) is 18.4 Å². The van der Waals surface area contributed by atoms with Crippen LogP contribution >= 0.6 is 0 Å². The van der Waals surface area contributed by atoms with Gasteiger partial charge in [0.25, 0.3) is 6.02 Å². The Kier molecular flexibility index (Phi) is 2.83. The number of benzene rings is 1. The number of ether oxygens (including phenoxy) is 2. The molecule has 0 saturated heterocycles. The van der Waals surface area contributed by atoms with Crippen LogP contribution in [0.2, 0.25) is 0 Å². The maximum absolute atomic E-state index is 12.0. The highest BCUT2D eigenvalue weighted by atomic mass is 19.4. The number of hydrogen-bond donors (Lipinski definition) is 1. The van der Waals surface area contributed by atoms with Crippen LogP contribution in [0.4, 0.5) is 13.2 Å². The summed E-state index contributed by atoms with van der Waals surface area (Å²) in [5.74, 6) is -0.282. The number of halogens is 3. The van der Waals surface area contributed by atoms with Gasteiger partial charge in [-0.2, -0.15) is 0 Å². The third-order valence-electron chi connectivity index (χ3n) is 2.15. The summed E-state index contributed by atoms with van der Waals surface area (Å²) in [7, 11) is 0. The molecule has 4 nitrogen and oxygen atoms in total. The summed E-state index contributed by atoms with van der Waals surface area (Å²) in [4.78, 5) is 3.93. The second-order valence-electron chi connectivity index (χ2n) is 3.41. The quantitative estimate of drug-likeness (QED) is 0.867. The van der Waals surface area contributed by atoms with Crippen molar-refractivity contribution in [2.75, 3.05) is 6.61 Å². The van der Waals surface area contributed by atoms with Crippen LogP contribution in [0.5, 0.6) is 5.75 Å². The summed E-state index contributed by atoms with van der Waals surface area (Å²) >= 11 is 0. The molecular formula is C10H9F3N2O2. The third kappa shape index (κ3) is 3.02. The Bertz CT molecular complexity index is 445. The Morgan fingerprint density at radius 3 is 2.76 bits per heavy atom. The van der Waals surface area contributed by atoms with Crippen molar-refractivity contribution in [2.45, 2.75) is 12.4 Å². The van der Waals surface area contributed by atoms with E-state index in [1.807, 2.05) is 0 Å². The van der Waals surface area contributed by atoms with Crippen LogP contribution in [0, 0.1) is 0 Å². The highest BCUT2D eigenvalue weighted by Gasteiger charge is 2.31. The van der Waals surface area contributed by atoms with Crippen molar-refractivity contribution < 1.29 is 22.6 Å². The number of alkyl halides is 3. The molecule has 1 aliphatic rings. The average Bonchev–Trinajstić information content (AvgIpc) is 2.63. The van der Waals surface area contributed by atoms with Gasteiger partial charge in [-0.05, 0) is 17.7 Å². The van der Waals surface area contributed by atoms with E-state index < -0.39 is 6.36 Å². The zero-order valence-corrected chi connectivity index (χ0v) is 8.57. The summed E-state index contributed by atoms with van der Waals surface area (Å²) < 4.78 is 44.8. The Balaban J connectivity index is 2.17. The van der Waals surface area contributed by atoms with Gasteiger partial charge < -0.3 is 15.2 Å². The van der Waals surface area contributed by atoms with Gasteiger partial charge in [-0.3, -0.25) is 0 Å². The van der Waals surface area contributed by atoms with E-state index in [9.17, 15) is 13.2 Å². The molecule has 0 saturated carbocycles. The number of rotatable bonds is 2. The van der Waals surface area contributed by atoms with Crippen LogP contribution in [0.15, 0.2) is 29.3 Å². The number of amidine groups is 1. The normalized spacial score (nSPS) is 19.7. The molecule has 1 heterocycles. The first kappa shape index (κ1) is 11.6. The number of nitrogens with two attached hydrogens (primary N) is 1. The largest absolute Gasteiger partial charge is 0.573 e.